The lowest BCUT2D eigenvalue weighted by atomic mass is 10.2. The summed E-state index contributed by atoms with van der Waals surface area (Å²) in [6.45, 7) is 0.0436. The summed E-state index contributed by atoms with van der Waals surface area (Å²) in [5, 5.41) is 10.5. The van der Waals surface area contributed by atoms with Crippen molar-refractivity contribution in [2.24, 2.45) is 11.5 Å². The molecule has 0 unspecified atom stereocenters. The van der Waals surface area contributed by atoms with Crippen LogP contribution in [0, 0.1) is 11.8 Å². The standard InChI is InChI=1S/C12H15N3O3S/c13-11(17)7-15(8-12(14)18)6-10-9(2-1-4-16)3-5-19-10/h3,5,16H,4,6-8H2,(H2,13,17)(H2,14,18). The molecule has 0 radical (unpaired) electrons. The van der Waals surface area contributed by atoms with Gasteiger partial charge in [-0.1, -0.05) is 11.8 Å². The van der Waals surface area contributed by atoms with Gasteiger partial charge in [-0.15, -0.1) is 11.3 Å². The van der Waals surface area contributed by atoms with Crippen molar-refractivity contribution < 1.29 is 14.7 Å². The first-order valence-corrected chi connectivity index (χ1v) is 6.36. The molecule has 1 aromatic rings. The van der Waals surface area contributed by atoms with Crippen LogP contribution in [0.15, 0.2) is 11.4 Å². The van der Waals surface area contributed by atoms with Crippen molar-refractivity contribution in [2.45, 2.75) is 6.54 Å². The van der Waals surface area contributed by atoms with Gasteiger partial charge in [0.15, 0.2) is 0 Å². The fourth-order valence-electron chi connectivity index (χ4n) is 1.52. The van der Waals surface area contributed by atoms with E-state index in [4.69, 9.17) is 16.6 Å². The van der Waals surface area contributed by atoms with Gasteiger partial charge < -0.3 is 16.6 Å². The number of nitrogens with zero attached hydrogens (tertiary/aromatic N) is 1. The lowest BCUT2D eigenvalue weighted by molar-refractivity contribution is -0.122. The topological polar surface area (TPSA) is 110 Å². The predicted molar refractivity (Wildman–Crippen MR) is 71.9 cm³/mol. The molecule has 7 heteroatoms. The second-order valence-electron chi connectivity index (χ2n) is 3.80. The molecule has 0 aliphatic carbocycles. The molecular weight excluding hydrogens is 266 g/mol. The van der Waals surface area contributed by atoms with Gasteiger partial charge in [0.1, 0.15) is 6.61 Å². The number of aliphatic hydroxyl groups excluding tert-OH is 1. The minimum absolute atomic E-state index is 0.0479. The molecule has 2 amide bonds. The lowest BCUT2D eigenvalue weighted by Gasteiger charge is -2.18. The van der Waals surface area contributed by atoms with Crippen molar-refractivity contribution in [1.82, 2.24) is 4.90 Å². The van der Waals surface area contributed by atoms with Gasteiger partial charge in [-0.25, -0.2) is 0 Å². The molecule has 0 aliphatic heterocycles. The smallest absolute Gasteiger partial charge is 0.231 e. The number of hydrogen-bond acceptors (Lipinski definition) is 5. The largest absolute Gasteiger partial charge is 0.384 e. The Morgan fingerprint density at radius 2 is 1.95 bits per heavy atom. The van der Waals surface area contributed by atoms with E-state index in [0.717, 1.165) is 10.4 Å². The molecular formula is C12H15N3O3S. The number of aliphatic hydroxyl groups is 1. The highest BCUT2D eigenvalue weighted by Gasteiger charge is 2.14. The van der Waals surface area contributed by atoms with Gasteiger partial charge in [0.2, 0.25) is 11.8 Å². The van der Waals surface area contributed by atoms with Crippen LogP contribution in [0.5, 0.6) is 0 Å². The molecule has 1 rings (SSSR count). The molecule has 6 nitrogen and oxygen atoms in total. The number of amides is 2. The van der Waals surface area contributed by atoms with Crippen molar-refractivity contribution in [3.63, 3.8) is 0 Å². The maximum Gasteiger partial charge on any atom is 0.231 e. The van der Waals surface area contributed by atoms with Crippen LogP contribution in [0.25, 0.3) is 0 Å². The number of primary amides is 2. The Hall–Kier alpha value is -1.88. The summed E-state index contributed by atoms with van der Waals surface area (Å²) in [6.07, 6.45) is 0. The zero-order valence-corrected chi connectivity index (χ0v) is 11.1. The van der Waals surface area contributed by atoms with Gasteiger partial charge >= 0.3 is 0 Å². The van der Waals surface area contributed by atoms with Gasteiger partial charge in [0.25, 0.3) is 0 Å². The molecule has 0 aromatic carbocycles. The minimum atomic E-state index is -0.527. The van der Waals surface area contributed by atoms with Crippen molar-refractivity contribution in [3.05, 3.63) is 21.9 Å². The third-order valence-electron chi connectivity index (χ3n) is 2.17. The maximum absolute atomic E-state index is 10.9. The SMILES string of the molecule is NC(=O)CN(CC(N)=O)Cc1sccc1C#CCO. The van der Waals surface area contributed by atoms with E-state index in [1.54, 1.807) is 4.90 Å². The van der Waals surface area contributed by atoms with Crippen molar-refractivity contribution in [3.8, 4) is 11.8 Å². The molecule has 0 aliphatic rings. The average molecular weight is 281 g/mol. The zero-order chi connectivity index (χ0) is 14.3. The average Bonchev–Trinajstić information content (AvgIpc) is 2.72. The molecule has 0 spiro atoms. The Labute approximate surface area is 115 Å². The highest BCUT2D eigenvalue weighted by Crippen LogP contribution is 2.18. The monoisotopic (exact) mass is 281 g/mol. The third kappa shape index (κ3) is 5.52. The van der Waals surface area contributed by atoms with E-state index < -0.39 is 11.8 Å². The number of thiophene rings is 1. The second-order valence-corrected chi connectivity index (χ2v) is 4.80. The lowest BCUT2D eigenvalue weighted by Crippen LogP contribution is -2.39. The van der Waals surface area contributed by atoms with Crippen molar-refractivity contribution in [1.29, 1.82) is 0 Å². The van der Waals surface area contributed by atoms with Crippen LogP contribution in [-0.2, 0) is 16.1 Å². The first kappa shape index (κ1) is 15.2. The van der Waals surface area contributed by atoms with Gasteiger partial charge in [-0.2, -0.15) is 0 Å². The summed E-state index contributed by atoms with van der Waals surface area (Å²) in [7, 11) is 0. The van der Waals surface area contributed by atoms with Crippen LogP contribution in [-0.4, -0.2) is 41.5 Å². The molecule has 0 saturated carbocycles. The quantitative estimate of drug-likeness (QED) is 0.573. The van der Waals surface area contributed by atoms with E-state index in [2.05, 4.69) is 11.8 Å². The number of carbonyl (C=O) groups is 2. The van der Waals surface area contributed by atoms with Gasteiger partial charge in [-0.3, -0.25) is 14.5 Å². The zero-order valence-electron chi connectivity index (χ0n) is 10.3. The summed E-state index contributed by atoms with van der Waals surface area (Å²) in [5.74, 6) is 4.31. The molecule has 102 valence electrons. The van der Waals surface area contributed by atoms with Crippen LogP contribution < -0.4 is 11.5 Å². The molecule has 5 N–H and O–H groups in total. The Morgan fingerprint density at radius 3 is 2.47 bits per heavy atom. The van der Waals surface area contributed by atoms with Crippen LogP contribution in [0.1, 0.15) is 10.4 Å². The first-order valence-electron chi connectivity index (χ1n) is 5.48. The molecule has 0 bridgehead atoms. The maximum atomic E-state index is 10.9. The van der Waals surface area contributed by atoms with E-state index in [0.29, 0.717) is 6.54 Å². The minimum Gasteiger partial charge on any atom is -0.384 e. The normalized spacial score (nSPS) is 10.0. The first-order chi connectivity index (χ1) is 9.02. The predicted octanol–water partition coefficient (Wildman–Crippen LogP) is -1.14. The highest BCUT2D eigenvalue weighted by atomic mass is 32.1. The fraction of sp³-hybridized carbons (Fsp3) is 0.333. The molecule has 19 heavy (non-hydrogen) atoms. The van der Waals surface area contributed by atoms with Crippen LogP contribution in [0.4, 0.5) is 0 Å². The second kappa shape index (κ2) is 7.53. The number of rotatable bonds is 6. The summed E-state index contributed by atoms with van der Waals surface area (Å²) < 4.78 is 0. The summed E-state index contributed by atoms with van der Waals surface area (Å²) >= 11 is 1.45. The Kier molecular flexibility index (Phi) is 6.02. The molecule has 0 fully saturated rings. The van der Waals surface area contributed by atoms with E-state index in [1.165, 1.54) is 11.3 Å². The van der Waals surface area contributed by atoms with Crippen LogP contribution in [0.3, 0.4) is 0 Å². The van der Waals surface area contributed by atoms with Crippen LogP contribution >= 0.6 is 11.3 Å². The van der Waals surface area contributed by atoms with Crippen molar-refractivity contribution >= 4 is 23.2 Å². The Balaban J connectivity index is 2.80. The summed E-state index contributed by atoms with van der Waals surface area (Å²) in [4.78, 5) is 24.3. The number of carbonyl (C=O) groups excluding carboxylic acids is 2. The summed E-state index contributed by atoms with van der Waals surface area (Å²) in [5.41, 5.74) is 11.0. The van der Waals surface area contributed by atoms with E-state index in [1.807, 2.05) is 11.4 Å². The van der Waals surface area contributed by atoms with Crippen molar-refractivity contribution in [2.75, 3.05) is 19.7 Å². The summed E-state index contributed by atoms with van der Waals surface area (Å²) in [6, 6.07) is 1.81. The Bertz CT molecular complexity index is 500. The molecule has 1 aromatic heterocycles. The third-order valence-corrected chi connectivity index (χ3v) is 3.08. The highest BCUT2D eigenvalue weighted by molar-refractivity contribution is 7.10. The van der Waals surface area contributed by atoms with E-state index in [9.17, 15) is 9.59 Å². The number of hydrogen-bond donors (Lipinski definition) is 3. The molecule has 1 heterocycles. The van der Waals surface area contributed by atoms with Crippen LogP contribution in [0.2, 0.25) is 0 Å². The van der Waals surface area contributed by atoms with E-state index in [-0.39, 0.29) is 19.7 Å². The van der Waals surface area contributed by atoms with Gasteiger partial charge in [0, 0.05) is 17.0 Å². The van der Waals surface area contributed by atoms with Gasteiger partial charge in [-0.05, 0) is 11.4 Å². The number of nitrogens with two attached hydrogens (primary N) is 2. The molecule has 0 saturated heterocycles. The van der Waals surface area contributed by atoms with Gasteiger partial charge in [0.05, 0.1) is 13.1 Å². The fourth-order valence-corrected chi connectivity index (χ4v) is 2.39. The molecule has 0 atom stereocenters. The Morgan fingerprint density at radius 1 is 1.32 bits per heavy atom. The van der Waals surface area contributed by atoms with E-state index >= 15 is 0 Å².